The number of aromatic nitrogens is 1. The van der Waals surface area contributed by atoms with Gasteiger partial charge in [-0.3, -0.25) is 9.69 Å². The first kappa shape index (κ1) is 15.8. The van der Waals surface area contributed by atoms with Gasteiger partial charge in [-0.25, -0.2) is 4.39 Å². The number of nitrogens with one attached hydrogen (secondary N) is 2. The molecule has 0 saturated heterocycles. The van der Waals surface area contributed by atoms with E-state index in [1.807, 2.05) is 0 Å². The van der Waals surface area contributed by atoms with Gasteiger partial charge in [0, 0.05) is 37.1 Å². The van der Waals surface area contributed by atoms with E-state index in [1.54, 1.807) is 12.1 Å². The fourth-order valence-corrected chi connectivity index (χ4v) is 3.39. The van der Waals surface area contributed by atoms with Crippen molar-refractivity contribution in [3.63, 3.8) is 0 Å². The number of hydrogen-bond donors (Lipinski definition) is 2. The van der Waals surface area contributed by atoms with Crippen molar-refractivity contribution in [2.24, 2.45) is 0 Å². The Morgan fingerprint density at radius 2 is 2.00 bits per heavy atom. The number of rotatable bonds is 4. The average molecular weight is 337 g/mol. The molecule has 1 amide bonds. The second kappa shape index (κ2) is 6.69. The lowest BCUT2D eigenvalue weighted by molar-refractivity contribution is 0.0943. The largest absolute Gasteiger partial charge is 0.351 e. The van der Waals surface area contributed by atoms with E-state index in [4.69, 9.17) is 0 Å². The van der Waals surface area contributed by atoms with Gasteiger partial charge in [-0.1, -0.05) is 24.3 Å². The van der Waals surface area contributed by atoms with Gasteiger partial charge in [0.25, 0.3) is 5.91 Å². The van der Waals surface area contributed by atoms with Crippen molar-refractivity contribution in [1.82, 2.24) is 15.2 Å². The summed E-state index contributed by atoms with van der Waals surface area (Å²) in [5.41, 5.74) is 4.02. The zero-order valence-corrected chi connectivity index (χ0v) is 13.9. The van der Waals surface area contributed by atoms with Crippen molar-refractivity contribution in [2.45, 2.75) is 13.0 Å². The molecule has 25 heavy (non-hydrogen) atoms. The topological polar surface area (TPSA) is 48.1 Å². The SMILES string of the molecule is O=C(NCCN1CCc2ccccc2C1)c1cc2cc(F)ccc2[nH]1. The van der Waals surface area contributed by atoms with Crippen LogP contribution in [0.3, 0.4) is 0 Å². The summed E-state index contributed by atoms with van der Waals surface area (Å²) in [7, 11) is 0. The zero-order valence-electron chi connectivity index (χ0n) is 13.9. The minimum atomic E-state index is -0.302. The summed E-state index contributed by atoms with van der Waals surface area (Å²) in [6, 6.07) is 14.7. The standard InChI is InChI=1S/C20H20FN3O/c21-17-5-6-18-16(11-17)12-19(23-18)20(25)22-8-10-24-9-7-14-3-1-2-4-15(14)13-24/h1-6,11-12,23H,7-10,13H2,(H,22,25). The fraction of sp³-hybridized carbons (Fsp3) is 0.250. The summed E-state index contributed by atoms with van der Waals surface area (Å²) in [6.07, 6.45) is 1.05. The molecule has 2 aromatic carbocycles. The van der Waals surface area contributed by atoms with E-state index in [0.717, 1.165) is 31.6 Å². The number of hydrogen-bond acceptors (Lipinski definition) is 2. The molecule has 0 unspecified atom stereocenters. The lowest BCUT2D eigenvalue weighted by Crippen LogP contribution is -2.37. The van der Waals surface area contributed by atoms with Crippen LogP contribution in [-0.2, 0) is 13.0 Å². The van der Waals surface area contributed by atoms with Crippen LogP contribution in [0, 0.1) is 5.82 Å². The molecule has 2 heterocycles. The molecule has 0 radical (unpaired) electrons. The number of nitrogens with zero attached hydrogens (tertiary/aromatic N) is 1. The molecule has 0 fully saturated rings. The molecule has 0 aliphatic carbocycles. The fourth-order valence-electron chi connectivity index (χ4n) is 3.39. The third-order valence-corrected chi connectivity index (χ3v) is 4.75. The van der Waals surface area contributed by atoms with E-state index in [-0.39, 0.29) is 11.7 Å². The molecule has 1 aliphatic heterocycles. The number of benzene rings is 2. The Hall–Kier alpha value is -2.66. The highest BCUT2D eigenvalue weighted by molar-refractivity contribution is 5.97. The van der Waals surface area contributed by atoms with Crippen molar-refractivity contribution in [1.29, 1.82) is 0 Å². The Morgan fingerprint density at radius 3 is 2.88 bits per heavy atom. The van der Waals surface area contributed by atoms with E-state index in [9.17, 15) is 9.18 Å². The van der Waals surface area contributed by atoms with Gasteiger partial charge in [0.05, 0.1) is 0 Å². The summed E-state index contributed by atoms with van der Waals surface area (Å²) in [5.74, 6) is -0.460. The van der Waals surface area contributed by atoms with E-state index in [1.165, 1.54) is 23.3 Å². The second-order valence-electron chi connectivity index (χ2n) is 6.47. The van der Waals surface area contributed by atoms with Gasteiger partial charge in [-0.05, 0) is 41.8 Å². The first-order chi connectivity index (χ1) is 12.2. The van der Waals surface area contributed by atoms with Crippen LogP contribution in [0.25, 0.3) is 10.9 Å². The first-order valence-electron chi connectivity index (χ1n) is 8.55. The van der Waals surface area contributed by atoms with E-state index < -0.39 is 0 Å². The smallest absolute Gasteiger partial charge is 0.267 e. The van der Waals surface area contributed by atoms with Gasteiger partial charge in [-0.15, -0.1) is 0 Å². The van der Waals surface area contributed by atoms with E-state index >= 15 is 0 Å². The number of H-pyrrole nitrogens is 1. The van der Waals surface area contributed by atoms with Crippen LogP contribution in [-0.4, -0.2) is 35.4 Å². The number of carbonyl (C=O) groups is 1. The van der Waals surface area contributed by atoms with Crippen molar-refractivity contribution >= 4 is 16.8 Å². The third-order valence-electron chi connectivity index (χ3n) is 4.75. The van der Waals surface area contributed by atoms with Crippen LogP contribution in [0.5, 0.6) is 0 Å². The van der Waals surface area contributed by atoms with Crippen molar-refractivity contribution in [2.75, 3.05) is 19.6 Å². The van der Waals surface area contributed by atoms with Crippen LogP contribution in [0.1, 0.15) is 21.6 Å². The maximum absolute atomic E-state index is 13.2. The van der Waals surface area contributed by atoms with Crippen molar-refractivity contribution < 1.29 is 9.18 Å². The Kier molecular flexibility index (Phi) is 4.24. The summed E-state index contributed by atoms with van der Waals surface area (Å²) in [6.45, 7) is 3.34. The predicted molar refractivity (Wildman–Crippen MR) is 96.0 cm³/mol. The molecule has 0 bridgehead atoms. The Balaban J connectivity index is 1.33. The molecule has 0 spiro atoms. The predicted octanol–water partition coefficient (Wildman–Crippen LogP) is 3.10. The van der Waals surface area contributed by atoms with Gasteiger partial charge in [0.15, 0.2) is 0 Å². The highest BCUT2D eigenvalue weighted by Crippen LogP contribution is 2.18. The maximum atomic E-state index is 13.2. The van der Waals surface area contributed by atoms with Gasteiger partial charge in [0.1, 0.15) is 11.5 Å². The number of aromatic amines is 1. The number of halogens is 1. The van der Waals surface area contributed by atoms with Crippen molar-refractivity contribution in [3.8, 4) is 0 Å². The minimum Gasteiger partial charge on any atom is -0.351 e. The van der Waals surface area contributed by atoms with Crippen LogP contribution < -0.4 is 5.32 Å². The lowest BCUT2D eigenvalue weighted by atomic mass is 10.00. The summed E-state index contributed by atoms with van der Waals surface area (Å²) in [5, 5.41) is 3.65. The molecule has 4 rings (SSSR count). The van der Waals surface area contributed by atoms with Gasteiger partial charge >= 0.3 is 0 Å². The Labute approximate surface area is 145 Å². The summed E-state index contributed by atoms with van der Waals surface area (Å²) in [4.78, 5) is 17.7. The molecule has 1 aliphatic rings. The molecule has 3 aromatic rings. The molecule has 128 valence electrons. The van der Waals surface area contributed by atoms with Gasteiger partial charge in [-0.2, -0.15) is 0 Å². The van der Waals surface area contributed by atoms with E-state index in [0.29, 0.717) is 17.6 Å². The molecule has 2 N–H and O–H groups in total. The molecular weight excluding hydrogens is 317 g/mol. The summed E-state index contributed by atoms with van der Waals surface area (Å²) >= 11 is 0. The monoisotopic (exact) mass is 337 g/mol. The normalized spacial score (nSPS) is 14.4. The maximum Gasteiger partial charge on any atom is 0.267 e. The number of carbonyl (C=O) groups excluding carboxylic acids is 1. The number of amides is 1. The average Bonchev–Trinajstić information content (AvgIpc) is 3.05. The quantitative estimate of drug-likeness (QED) is 0.768. The first-order valence-corrected chi connectivity index (χ1v) is 8.55. The second-order valence-corrected chi connectivity index (χ2v) is 6.47. The zero-order chi connectivity index (χ0) is 17.2. The van der Waals surface area contributed by atoms with Crippen LogP contribution >= 0.6 is 0 Å². The minimum absolute atomic E-state index is 0.158. The highest BCUT2D eigenvalue weighted by atomic mass is 19.1. The van der Waals surface area contributed by atoms with Gasteiger partial charge < -0.3 is 10.3 Å². The molecular formula is C20H20FN3O. The third kappa shape index (κ3) is 3.42. The van der Waals surface area contributed by atoms with Crippen LogP contribution in [0.2, 0.25) is 0 Å². The lowest BCUT2D eigenvalue weighted by Gasteiger charge is -2.28. The van der Waals surface area contributed by atoms with Crippen LogP contribution in [0.15, 0.2) is 48.5 Å². The number of fused-ring (bicyclic) bond motifs is 2. The van der Waals surface area contributed by atoms with Gasteiger partial charge in [0.2, 0.25) is 0 Å². The molecule has 4 nitrogen and oxygen atoms in total. The molecule has 5 heteroatoms. The van der Waals surface area contributed by atoms with E-state index in [2.05, 4.69) is 39.5 Å². The molecule has 1 aromatic heterocycles. The summed E-state index contributed by atoms with van der Waals surface area (Å²) < 4.78 is 13.2. The highest BCUT2D eigenvalue weighted by Gasteiger charge is 2.16. The van der Waals surface area contributed by atoms with Crippen molar-refractivity contribution in [3.05, 3.63) is 71.2 Å². The molecule has 0 atom stereocenters. The Bertz CT molecular complexity index is 918. The van der Waals surface area contributed by atoms with Crippen LogP contribution in [0.4, 0.5) is 4.39 Å². The Morgan fingerprint density at radius 1 is 1.16 bits per heavy atom. The molecule has 0 saturated carbocycles.